The van der Waals surface area contributed by atoms with Crippen molar-refractivity contribution in [3.8, 4) is 0 Å². The molecule has 2 aliphatic heterocycles. The molecule has 0 aromatic heterocycles. The van der Waals surface area contributed by atoms with Gasteiger partial charge in [-0.05, 0) is 12.8 Å². The summed E-state index contributed by atoms with van der Waals surface area (Å²) >= 11 is 0. The summed E-state index contributed by atoms with van der Waals surface area (Å²) in [6, 6.07) is 0. The number of aliphatic imine (C=N–C) groups is 1. The van der Waals surface area contributed by atoms with Gasteiger partial charge in [0.2, 0.25) is 5.91 Å². The number of rotatable bonds is 5. The van der Waals surface area contributed by atoms with Crippen LogP contribution >= 0.6 is 0 Å². The van der Waals surface area contributed by atoms with Gasteiger partial charge in [0.1, 0.15) is 0 Å². The highest BCUT2D eigenvalue weighted by atomic mass is 16.5. The molecular formula is C15H29N5O2. The largest absolute Gasteiger partial charge is 0.376 e. The van der Waals surface area contributed by atoms with Crippen LogP contribution in [0.4, 0.5) is 0 Å². The molecule has 0 aromatic rings. The lowest BCUT2D eigenvalue weighted by molar-refractivity contribution is -0.130. The molecule has 2 heterocycles. The van der Waals surface area contributed by atoms with Crippen LogP contribution in [0, 0.1) is 0 Å². The molecule has 126 valence electrons. The Balaban J connectivity index is 1.57. The van der Waals surface area contributed by atoms with Crippen molar-refractivity contribution in [2.75, 3.05) is 59.5 Å². The summed E-state index contributed by atoms with van der Waals surface area (Å²) in [6.07, 6.45) is 2.60. The first-order chi connectivity index (χ1) is 10.7. The monoisotopic (exact) mass is 311 g/mol. The van der Waals surface area contributed by atoms with Gasteiger partial charge in [-0.15, -0.1) is 0 Å². The second-order valence-corrected chi connectivity index (χ2v) is 5.86. The van der Waals surface area contributed by atoms with Crippen molar-refractivity contribution in [1.82, 2.24) is 20.4 Å². The Morgan fingerprint density at radius 2 is 2.05 bits per heavy atom. The molecular weight excluding hydrogens is 282 g/mol. The maximum atomic E-state index is 11.3. The number of guanidine groups is 1. The maximum absolute atomic E-state index is 11.3. The quantitative estimate of drug-likeness (QED) is 0.529. The number of nitrogens with one attached hydrogen (secondary N) is 2. The van der Waals surface area contributed by atoms with E-state index in [0.717, 1.165) is 71.2 Å². The van der Waals surface area contributed by atoms with E-state index >= 15 is 0 Å². The predicted octanol–water partition coefficient (Wildman–Crippen LogP) is -0.505. The molecule has 2 N–H and O–H groups in total. The number of carbonyl (C=O) groups excluding carboxylic acids is 1. The van der Waals surface area contributed by atoms with Crippen molar-refractivity contribution >= 4 is 11.9 Å². The van der Waals surface area contributed by atoms with Crippen molar-refractivity contribution in [2.24, 2.45) is 4.99 Å². The van der Waals surface area contributed by atoms with Crippen LogP contribution in [0.5, 0.6) is 0 Å². The predicted molar refractivity (Wildman–Crippen MR) is 87.0 cm³/mol. The number of hydrogen-bond donors (Lipinski definition) is 2. The first kappa shape index (κ1) is 17.0. The molecule has 1 atom stereocenters. The van der Waals surface area contributed by atoms with Crippen molar-refractivity contribution < 1.29 is 9.53 Å². The lowest BCUT2D eigenvalue weighted by Gasteiger charge is -2.34. The molecule has 0 aliphatic carbocycles. The van der Waals surface area contributed by atoms with Crippen LogP contribution in [0.25, 0.3) is 0 Å². The molecule has 0 spiro atoms. The van der Waals surface area contributed by atoms with E-state index in [1.165, 1.54) is 0 Å². The van der Waals surface area contributed by atoms with Gasteiger partial charge in [-0.2, -0.15) is 0 Å². The van der Waals surface area contributed by atoms with E-state index in [9.17, 15) is 4.79 Å². The van der Waals surface area contributed by atoms with Crippen molar-refractivity contribution in [3.05, 3.63) is 0 Å². The number of ether oxygens (including phenoxy) is 1. The van der Waals surface area contributed by atoms with E-state index in [2.05, 4.69) is 20.5 Å². The zero-order valence-electron chi connectivity index (χ0n) is 13.8. The number of nitrogens with zero attached hydrogens (tertiary/aromatic N) is 3. The van der Waals surface area contributed by atoms with Crippen LogP contribution in [-0.4, -0.2) is 87.2 Å². The fraction of sp³-hybridized carbons (Fsp3) is 0.867. The highest BCUT2D eigenvalue weighted by Crippen LogP contribution is 2.10. The fourth-order valence-corrected chi connectivity index (χ4v) is 2.86. The SMILES string of the molecule is CN=C(NCCN1CCN(C(C)=O)CC1)NCC1CCCO1. The van der Waals surface area contributed by atoms with Crippen molar-refractivity contribution in [3.63, 3.8) is 0 Å². The van der Waals surface area contributed by atoms with Crippen molar-refractivity contribution in [1.29, 1.82) is 0 Å². The molecule has 0 bridgehead atoms. The standard InChI is InChI=1S/C15H29N5O2/c1-13(21)20-9-7-19(8-10-20)6-5-17-15(16-2)18-12-14-4-3-11-22-14/h14H,3-12H2,1-2H3,(H2,16,17,18). The van der Waals surface area contributed by atoms with Gasteiger partial charge < -0.3 is 20.3 Å². The summed E-state index contributed by atoms with van der Waals surface area (Å²) in [6.45, 7) is 8.72. The average molecular weight is 311 g/mol. The molecule has 22 heavy (non-hydrogen) atoms. The minimum Gasteiger partial charge on any atom is -0.376 e. The Morgan fingerprint density at radius 1 is 1.27 bits per heavy atom. The fourth-order valence-electron chi connectivity index (χ4n) is 2.86. The van der Waals surface area contributed by atoms with Crippen LogP contribution in [0.2, 0.25) is 0 Å². The Labute approximate surface area is 133 Å². The number of piperazine rings is 1. The van der Waals surface area contributed by atoms with E-state index in [0.29, 0.717) is 6.10 Å². The van der Waals surface area contributed by atoms with Gasteiger partial charge in [0.25, 0.3) is 0 Å². The molecule has 2 saturated heterocycles. The van der Waals surface area contributed by atoms with Crippen LogP contribution in [-0.2, 0) is 9.53 Å². The first-order valence-electron chi connectivity index (χ1n) is 8.23. The summed E-state index contributed by atoms with van der Waals surface area (Å²) in [5, 5.41) is 6.65. The molecule has 1 amide bonds. The van der Waals surface area contributed by atoms with Crippen LogP contribution < -0.4 is 10.6 Å². The molecule has 2 fully saturated rings. The molecule has 7 nitrogen and oxygen atoms in total. The second-order valence-electron chi connectivity index (χ2n) is 5.86. The first-order valence-corrected chi connectivity index (χ1v) is 8.23. The summed E-state index contributed by atoms with van der Waals surface area (Å²) in [5.41, 5.74) is 0. The minimum absolute atomic E-state index is 0.177. The van der Waals surface area contributed by atoms with E-state index in [-0.39, 0.29) is 5.91 Å². The van der Waals surface area contributed by atoms with E-state index in [4.69, 9.17) is 4.74 Å². The average Bonchev–Trinajstić information content (AvgIpc) is 3.04. The van der Waals surface area contributed by atoms with Crippen LogP contribution in [0.1, 0.15) is 19.8 Å². The van der Waals surface area contributed by atoms with Gasteiger partial charge in [-0.1, -0.05) is 0 Å². The van der Waals surface area contributed by atoms with Gasteiger partial charge in [0.05, 0.1) is 6.10 Å². The summed E-state index contributed by atoms with van der Waals surface area (Å²) in [5.74, 6) is 1.01. The topological polar surface area (TPSA) is 69.2 Å². The summed E-state index contributed by atoms with van der Waals surface area (Å²) < 4.78 is 5.59. The third-order valence-electron chi connectivity index (χ3n) is 4.28. The maximum Gasteiger partial charge on any atom is 0.219 e. The second kappa shape index (κ2) is 8.95. The lowest BCUT2D eigenvalue weighted by Crippen LogP contribution is -2.50. The number of amides is 1. The van der Waals surface area contributed by atoms with Gasteiger partial charge >= 0.3 is 0 Å². The Morgan fingerprint density at radius 3 is 2.64 bits per heavy atom. The van der Waals surface area contributed by atoms with Gasteiger partial charge in [-0.3, -0.25) is 14.7 Å². The molecule has 0 radical (unpaired) electrons. The van der Waals surface area contributed by atoms with E-state index < -0.39 is 0 Å². The normalized spacial score (nSPS) is 23.6. The Hall–Kier alpha value is -1.34. The Bertz CT molecular complexity index is 374. The molecule has 1 unspecified atom stereocenters. The van der Waals surface area contributed by atoms with Gasteiger partial charge in [-0.25, -0.2) is 0 Å². The van der Waals surface area contributed by atoms with Crippen LogP contribution in [0.15, 0.2) is 4.99 Å². The number of hydrogen-bond acceptors (Lipinski definition) is 4. The van der Waals surface area contributed by atoms with Crippen molar-refractivity contribution in [2.45, 2.75) is 25.9 Å². The third-order valence-corrected chi connectivity index (χ3v) is 4.28. The minimum atomic E-state index is 0.177. The lowest BCUT2D eigenvalue weighted by atomic mass is 10.2. The molecule has 2 rings (SSSR count). The smallest absolute Gasteiger partial charge is 0.219 e. The molecule has 2 aliphatic rings. The summed E-state index contributed by atoms with van der Waals surface area (Å²) in [4.78, 5) is 19.8. The van der Waals surface area contributed by atoms with E-state index in [1.807, 2.05) is 4.90 Å². The summed E-state index contributed by atoms with van der Waals surface area (Å²) in [7, 11) is 1.79. The highest BCUT2D eigenvalue weighted by Gasteiger charge is 2.18. The van der Waals surface area contributed by atoms with E-state index in [1.54, 1.807) is 14.0 Å². The zero-order chi connectivity index (χ0) is 15.8. The van der Waals surface area contributed by atoms with Gasteiger partial charge in [0.15, 0.2) is 5.96 Å². The molecule has 0 saturated carbocycles. The number of carbonyl (C=O) groups is 1. The van der Waals surface area contributed by atoms with Gasteiger partial charge in [0, 0.05) is 66.4 Å². The third kappa shape index (κ3) is 5.46. The Kier molecular flexibility index (Phi) is 6.92. The highest BCUT2D eigenvalue weighted by molar-refractivity contribution is 5.79. The molecule has 7 heteroatoms. The zero-order valence-corrected chi connectivity index (χ0v) is 13.8. The molecule has 0 aromatic carbocycles. The van der Waals surface area contributed by atoms with Crippen LogP contribution in [0.3, 0.4) is 0 Å².